The normalized spacial score (nSPS) is 23.0. The highest BCUT2D eigenvalue weighted by atomic mass is 79.9. The van der Waals surface area contributed by atoms with Gasteiger partial charge in [-0.15, -0.1) is 0 Å². The summed E-state index contributed by atoms with van der Waals surface area (Å²) < 4.78 is 14.5. The molecule has 2 aliphatic rings. The molecule has 2 fully saturated rings. The molecule has 0 radical (unpaired) electrons. The van der Waals surface area contributed by atoms with Crippen LogP contribution in [0.2, 0.25) is 0 Å². The third kappa shape index (κ3) is 3.40. The molecule has 0 aromatic heterocycles. The number of likely N-dealkylation sites (N-methyl/N-ethyl adjacent to an activating group) is 1. The van der Waals surface area contributed by atoms with Crippen LogP contribution in [0.3, 0.4) is 0 Å². The van der Waals surface area contributed by atoms with E-state index in [0.29, 0.717) is 10.0 Å². The van der Waals surface area contributed by atoms with Gasteiger partial charge >= 0.3 is 6.03 Å². The molecule has 1 unspecified atom stereocenters. The fourth-order valence-electron chi connectivity index (χ4n) is 3.06. The molecule has 1 aliphatic heterocycles. The molecular formula is C17H19BrFN3O3. The molecule has 1 aromatic rings. The molecule has 1 aliphatic carbocycles. The molecule has 8 heteroatoms. The molecule has 6 nitrogen and oxygen atoms in total. The van der Waals surface area contributed by atoms with Crippen LogP contribution in [0.15, 0.2) is 22.7 Å². The number of amides is 4. The summed E-state index contributed by atoms with van der Waals surface area (Å²) >= 11 is 3.27. The van der Waals surface area contributed by atoms with Gasteiger partial charge < -0.3 is 10.2 Å². The van der Waals surface area contributed by atoms with Crippen LogP contribution >= 0.6 is 15.9 Å². The fraction of sp³-hybridized carbons (Fsp3) is 0.471. The van der Waals surface area contributed by atoms with E-state index in [0.717, 1.165) is 17.7 Å². The zero-order valence-corrected chi connectivity index (χ0v) is 15.6. The first-order valence-corrected chi connectivity index (χ1v) is 8.83. The topological polar surface area (TPSA) is 69.7 Å². The van der Waals surface area contributed by atoms with Gasteiger partial charge in [0, 0.05) is 23.6 Å². The van der Waals surface area contributed by atoms with E-state index in [-0.39, 0.29) is 24.9 Å². The molecule has 1 saturated carbocycles. The van der Waals surface area contributed by atoms with Gasteiger partial charge in [0.1, 0.15) is 17.9 Å². The smallest absolute Gasteiger partial charge is 0.325 e. The second kappa shape index (κ2) is 6.40. The van der Waals surface area contributed by atoms with Gasteiger partial charge in [-0.3, -0.25) is 14.5 Å². The van der Waals surface area contributed by atoms with Gasteiger partial charge in [0.2, 0.25) is 5.91 Å². The number of benzene rings is 1. The van der Waals surface area contributed by atoms with E-state index in [4.69, 9.17) is 0 Å². The molecule has 134 valence electrons. The number of imide groups is 1. The van der Waals surface area contributed by atoms with E-state index in [1.54, 1.807) is 19.1 Å². The number of halogens is 2. The number of hydrogen-bond acceptors (Lipinski definition) is 3. The average Bonchev–Trinajstić information content (AvgIpc) is 3.37. The minimum Gasteiger partial charge on any atom is -0.340 e. The number of rotatable bonds is 5. The number of carbonyl (C=O) groups excluding carboxylic acids is 3. The maximum atomic E-state index is 13.8. The lowest BCUT2D eigenvalue weighted by molar-refractivity contribution is -0.138. The van der Waals surface area contributed by atoms with Gasteiger partial charge in [0.25, 0.3) is 5.91 Å². The Morgan fingerprint density at radius 3 is 2.76 bits per heavy atom. The SMILES string of the molecule is CN(Cc1cc(Br)ccc1F)C(=O)CN1C(=O)NC(C)(C2CC2)C1=O. The highest BCUT2D eigenvalue weighted by molar-refractivity contribution is 9.10. The Labute approximate surface area is 153 Å². The molecule has 1 aromatic carbocycles. The van der Waals surface area contributed by atoms with E-state index in [9.17, 15) is 18.8 Å². The first-order chi connectivity index (χ1) is 11.7. The zero-order chi connectivity index (χ0) is 18.4. The summed E-state index contributed by atoms with van der Waals surface area (Å²) in [7, 11) is 1.52. The molecule has 4 amide bonds. The monoisotopic (exact) mass is 411 g/mol. The van der Waals surface area contributed by atoms with Crippen LogP contribution < -0.4 is 5.32 Å². The van der Waals surface area contributed by atoms with Gasteiger partial charge in [-0.2, -0.15) is 0 Å². The van der Waals surface area contributed by atoms with Crippen LogP contribution in [0.1, 0.15) is 25.3 Å². The predicted octanol–water partition coefficient (Wildman–Crippen LogP) is 2.27. The molecule has 1 saturated heterocycles. The maximum Gasteiger partial charge on any atom is 0.325 e. The van der Waals surface area contributed by atoms with Crippen molar-refractivity contribution in [1.29, 1.82) is 0 Å². The van der Waals surface area contributed by atoms with Gasteiger partial charge in [-0.1, -0.05) is 15.9 Å². The summed E-state index contributed by atoms with van der Waals surface area (Å²) in [6, 6.07) is 3.94. The van der Waals surface area contributed by atoms with Crippen molar-refractivity contribution in [1.82, 2.24) is 15.1 Å². The lowest BCUT2D eigenvalue weighted by Crippen LogP contribution is -2.47. The van der Waals surface area contributed by atoms with E-state index in [1.807, 2.05) is 0 Å². The van der Waals surface area contributed by atoms with Crippen molar-refractivity contribution in [3.63, 3.8) is 0 Å². The Kier molecular flexibility index (Phi) is 4.57. The van der Waals surface area contributed by atoms with Crippen molar-refractivity contribution in [2.75, 3.05) is 13.6 Å². The predicted molar refractivity (Wildman–Crippen MR) is 91.9 cm³/mol. The third-order valence-corrected chi connectivity index (χ3v) is 5.32. The van der Waals surface area contributed by atoms with E-state index in [1.165, 1.54) is 18.0 Å². The average molecular weight is 412 g/mol. The van der Waals surface area contributed by atoms with Crippen LogP contribution in [-0.4, -0.2) is 46.8 Å². The number of hydrogen-bond donors (Lipinski definition) is 1. The van der Waals surface area contributed by atoms with Gasteiger partial charge in [-0.25, -0.2) is 9.18 Å². The molecule has 1 heterocycles. The number of carbonyl (C=O) groups is 3. The van der Waals surface area contributed by atoms with Gasteiger partial charge in [-0.05, 0) is 43.9 Å². The van der Waals surface area contributed by atoms with Crippen molar-refractivity contribution in [3.05, 3.63) is 34.1 Å². The summed E-state index contributed by atoms with van der Waals surface area (Å²) in [6.45, 7) is 1.41. The summed E-state index contributed by atoms with van der Waals surface area (Å²) in [6.07, 6.45) is 1.79. The van der Waals surface area contributed by atoms with E-state index >= 15 is 0 Å². The van der Waals surface area contributed by atoms with Crippen LogP contribution in [-0.2, 0) is 16.1 Å². The standard InChI is InChI=1S/C17H19BrFN3O3/c1-17(11-3-4-11)15(24)22(16(25)20-17)9-14(23)21(2)8-10-7-12(18)5-6-13(10)19/h5-7,11H,3-4,8-9H2,1-2H3,(H,20,25). The first kappa shape index (κ1) is 17.8. The van der Waals surface area contributed by atoms with Crippen LogP contribution in [0.4, 0.5) is 9.18 Å². The Morgan fingerprint density at radius 2 is 2.12 bits per heavy atom. The minimum atomic E-state index is -0.910. The second-order valence-electron chi connectivity index (χ2n) is 6.78. The molecule has 3 rings (SSSR count). The summed E-state index contributed by atoms with van der Waals surface area (Å²) in [4.78, 5) is 39.3. The van der Waals surface area contributed by atoms with Gasteiger partial charge in [0.05, 0.1) is 0 Å². The van der Waals surface area contributed by atoms with Crippen LogP contribution in [0, 0.1) is 11.7 Å². The maximum absolute atomic E-state index is 13.8. The van der Waals surface area contributed by atoms with Crippen molar-refractivity contribution in [3.8, 4) is 0 Å². The third-order valence-electron chi connectivity index (χ3n) is 4.83. The minimum absolute atomic E-state index is 0.0493. The number of nitrogens with one attached hydrogen (secondary N) is 1. The van der Waals surface area contributed by atoms with Gasteiger partial charge in [0.15, 0.2) is 0 Å². The first-order valence-electron chi connectivity index (χ1n) is 8.04. The fourth-order valence-corrected chi connectivity index (χ4v) is 3.47. The lowest BCUT2D eigenvalue weighted by Gasteiger charge is -2.22. The number of urea groups is 1. The van der Waals surface area contributed by atoms with Crippen LogP contribution in [0.25, 0.3) is 0 Å². The highest BCUT2D eigenvalue weighted by Gasteiger charge is 2.56. The summed E-state index contributed by atoms with van der Waals surface area (Å²) in [5, 5.41) is 2.70. The quantitative estimate of drug-likeness (QED) is 0.755. The van der Waals surface area contributed by atoms with Crippen molar-refractivity contribution >= 4 is 33.8 Å². The van der Waals surface area contributed by atoms with E-state index < -0.39 is 23.3 Å². The summed E-state index contributed by atoms with van der Waals surface area (Å²) in [5.41, 5.74) is -0.558. The van der Waals surface area contributed by atoms with E-state index in [2.05, 4.69) is 21.2 Å². The van der Waals surface area contributed by atoms with Crippen molar-refractivity contribution < 1.29 is 18.8 Å². The number of nitrogens with zero attached hydrogens (tertiary/aromatic N) is 2. The molecule has 1 atom stereocenters. The Bertz CT molecular complexity index is 753. The zero-order valence-electron chi connectivity index (χ0n) is 14.0. The second-order valence-corrected chi connectivity index (χ2v) is 7.70. The largest absolute Gasteiger partial charge is 0.340 e. The molecule has 25 heavy (non-hydrogen) atoms. The molecular weight excluding hydrogens is 393 g/mol. The van der Waals surface area contributed by atoms with Crippen molar-refractivity contribution in [2.24, 2.45) is 5.92 Å². The Balaban J connectivity index is 1.66. The Hall–Kier alpha value is -1.96. The lowest BCUT2D eigenvalue weighted by atomic mass is 9.96. The van der Waals surface area contributed by atoms with Crippen molar-refractivity contribution in [2.45, 2.75) is 31.8 Å². The molecule has 0 spiro atoms. The Morgan fingerprint density at radius 1 is 1.44 bits per heavy atom. The van der Waals surface area contributed by atoms with Crippen LogP contribution in [0.5, 0.6) is 0 Å². The molecule has 0 bridgehead atoms. The summed E-state index contributed by atoms with van der Waals surface area (Å²) in [5.74, 6) is -1.07. The molecule has 1 N–H and O–H groups in total. The highest BCUT2D eigenvalue weighted by Crippen LogP contribution is 2.42.